The monoisotopic (exact) mass is 248 g/mol. The van der Waals surface area contributed by atoms with Crippen LogP contribution in [0.4, 0.5) is 0 Å². The number of aryl methyl sites for hydroxylation is 2. The number of ether oxygens (including phenoxy) is 1. The molecule has 2 aromatic rings. The predicted octanol–water partition coefficient (Wildman–Crippen LogP) is 1.45. The second kappa shape index (κ2) is 5.59. The van der Waals surface area contributed by atoms with E-state index in [0.29, 0.717) is 5.88 Å². The molecule has 6 heteroatoms. The lowest BCUT2D eigenvalue weighted by Crippen LogP contribution is -1.98. The molecule has 2 rings (SSSR count). The molecule has 0 atom stereocenters. The molecule has 0 fully saturated rings. The Morgan fingerprint density at radius 3 is 2.83 bits per heavy atom. The van der Waals surface area contributed by atoms with Gasteiger partial charge in [0.2, 0.25) is 5.88 Å². The molecule has 0 aliphatic rings. The molecule has 0 aromatic carbocycles. The third-order valence-corrected chi connectivity index (χ3v) is 2.38. The number of hydrogen-bond donors (Lipinski definition) is 1. The topological polar surface area (TPSA) is 73.1 Å². The average Bonchev–Trinajstić information content (AvgIpc) is 2.75. The fourth-order valence-electron chi connectivity index (χ4n) is 1.61. The number of aliphatic hydroxyl groups excluding tert-OH is 1. The van der Waals surface area contributed by atoms with Gasteiger partial charge in [-0.25, -0.2) is 4.98 Å². The molecule has 6 nitrogen and oxygen atoms in total. The van der Waals surface area contributed by atoms with E-state index in [9.17, 15) is 5.11 Å². The summed E-state index contributed by atoms with van der Waals surface area (Å²) in [5.74, 6) is 0.413. The van der Waals surface area contributed by atoms with Crippen molar-refractivity contribution in [1.82, 2.24) is 19.7 Å². The summed E-state index contributed by atoms with van der Waals surface area (Å²) in [7, 11) is 1.76. The van der Waals surface area contributed by atoms with Gasteiger partial charge in [0.1, 0.15) is 6.33 Å². The molecule has 1 N–H and O–H groups in total. The van der Waals surface area contributed by atoms with Crippen LogP contribution in [0.5, 0.6) is 11.9 Å². The van der Waals surface area contributed by atoms with Gasteiger partial charge in [0.25, 0.3) is 0 Å². The van der Waals surface area contributed by atoms with E-state index in [2.05, 4.69) is 22.0 Å². The van der Waals surface area contributed by atoms with Gasteiger partial charge in [-0.3, -0.25) is 4.68 Å². The fourth-order valence-corrected chi connectivity index (χ4v) is 1.61. The maximum Gasteiger partial charge on any atom is 0.342 e. The highest BCUT2D eigenvalue weighted by Crippen LogP contribution is 2.18. The Morgan fingerprint density at radius 2 is 2.22 bits per heavy atom. The van der Waals surface area contributed by atoms with Crippen molar-refractivity contribution in [3.05, 3.63) is 29.7 Å². The standard InChI is InChI=1S/C12H16N4O2/c1-3-4-10-5-9(7-17)6-11(14-10)18-12-13-8-16(2)15-12/h5-6,8,17H,3-4,7H2,1-2H3. The molecule has 0 saturated carbocycles. The van der Waals surface area contributed by atoms with Crippen LogP contribution in [-0.2, 0) is 20.1 Å². The summed E-state index contributed by atoms with van der Waals surface area (Å²) in [6.45, 7) is 2.04. The molecule has 0 aliphatic carbocycles. The lowest BCUT2D eigenvalue weighted by Gasteiger charge is -2.06. The van der Waals surface area contributed by atoms with Crippen LogP contribution in [0.3, 0.4) is 0 Å². The first kappa shape index (κ1) is 12.5. The Morgan fingerprint density at radius 1 is 1.39 bits per heavy atom. The molecule has 0 saturated heterocycles. The number of hydrogen-bond acceptors (Lipinski definition) is 5. The molecule has 18 heavy (non-hydrogen) atoms. The maximum absolute atomic E-state index is 9.21. The predicted molar refractivity (Wildman–Crippen MR) is 65.2 cm³/mol. The van der Waals surface area contributed by atoms with E-state index in [0.717, 1.165) is 24.1 Å². The smallest absolute Gasteiger partial charge is 0.342 e. The van der Waals surface area contributed by atoms with Crippen molar-refractivity contribution in [3.63, 3.8) is 0 Å². The summed E-state index contributed by atoms with van der Waals surface area (Å²) in [6.07, 6.45) is 3.39. The molecule has 0 spiro atoms. The first-order valence-corrected chi connectivity index (χ1v) is 5.85. The third-order valence-electron chi connectivity index (χ3n) is 2.38. The van der Waals surface area contributed by atoms with E-state index >= 15 is 0 Å². The molecule has 96 valence electrons. The van der Waals surface area contributed by atoms with Crippen molar-refractivity contribution in [2.45, 2.75) is 26.4 Å². The molecule has 2 aromatic heterocycles. The number of pyridine rings is 1. The average molecular weight is 248 g/mol. The zero-order valence-electron chi connectivity index (χ0n) is 10.5. The minimum Gasteiger partial charge on any atom is -0.404 e. The van der Waals surface area contributed by atoms with E-state index in [1.807, 2.05) is 6.07 Å². The summed E-state index contributed by atoms with van der Waals surface area (Å²) in [4.78, 5) is 8.32. The summed E-state index contributed by atoms with van der Waals surface area (Å²) in [5, 5.41) is 13.2. The molecule has 0 radical (unpaired) electrons. The number of aliphatic hydroxyl groups is 1. The summed E-state index contributed by atoms with van der Waals surface area (Å²) in [5.41, 5.74) is 1.68. The van der Waals surface area contributed by atoms with E-state index in [4.69, 9.17) is 4.74 Å². The zero-order valence-corrected chi connectivity index (χ0v) is 10.5. The number of rotatable bonds is 5. The Hall–Kier alpha value is -1.95. The fraction of sp³-hybridized carbons (Fsp3) is 0.417. The van der Waals surface area contributed by atoms with Gasteiger partial charge in [0, 0.05) is 18.8 Å². The normalized spacial score (nSPS) is 10.6. The minimum atomic E-state index is -0.0365. The highest BCUT2D eigenvalue weighted by molar-refractivity contribution is 5.26. The van der Waals surface area contributed by atoms with Crippen LogP contribution >= 0.6 is 0 Å². The second-order valence-corrected chi connectivity index (χ2v) is 4.02. The van der Waals surface area contributed by atoms with Gasteiger partial charge in [-0.1, -0.05) is 13.3 Å². The van der Waals surface area contributed by atoms with Crippen molar-refractivity contribution in [2.24, 2.45) is 7.05 Å². The molecule has 0 unspecified atom stereocenters. The third kappa shape index (κ3) is 3.04. The van der Waals surface area contributed by atoms with E-state index in [-0.39, 0.29) is 12.6 Å². The SMILES string of the molecule is CCCc1cc(CO)cc(Oc2ncn(C)n2)n1. The van der Waals surface area contributed by atoms with Gasteiger partial charge in [0.05, 0.1) is 6.61 Å². The zero-order chi connectivity index (χ0) is 13.0. The highest BCUT2D eigenvalue weighted by atomic mass is 16.5. The molecule has 0 amide bonds. The Bertz CT molecular complexity index is 525. The van der Waals surface area contributed by atoms with Gasteiger partial charge in [0.15, 0.2) is 0 Å². The highest BCUT2D eigenvalue weighted by Gasteiger charge is 2.07. The minimum absolute atomic E-state index is 0.0365. The van der Waals surface area contributed by atoms with Gasteiger partial charge in [-0.05, 0) is 18.1 Å². The van der Waals surface area contributed by atoms with Gasteiger partial charge in [-0.15, -0.1) is 5.10 Å². The second-order valence-electron chi connectivity index (χ2n) is 4.02. The molecule has 2 heterocycles. The van der Waals surface area contributed by atoms with Crippen molar-refractivity contribution in [3.8, 4) is 11.9 Å². The van der Waals surface area contributed by atoms with Crippen molar-refractivity contribution >= 4 is 0 Å². The summed E-state index contributed by atoms with van der Waals surface area (Å²) >= 11 is 0. The van der Waals surface area contributed by atoms with Gasteiger partial charge >= 0.3 is 6.01 Å². The van der Waals surface area contributed by atoms with Crippen LogP contribution < -0.4 is 4.74 Å². The quantitative estimate of drug-likeness (QED) is 0.866. The molecule has 0 aliphatic heterocycles. The van der Waals surface area contributed by atoms with Crippen LogP contribution in [0.2, 0.25) is 0 Å². The van der Waals surface area contributed by atoms with Crippen LogP contribution in [0.25, 0.3) is 0 Å². The van der Waals surface area contributed by atoms with Crippen LogP contribution in [0.1, 0.15) is 24.6 Å². The Labute approximate surface area is 105 Å². The molecular formula is C12H16N4O2. The summed E-state index contributed by atoms with van der Waals surface area (Å²) in [6, 6.07) is 3.82. The van der Waals surface area contributed by atoms with Gasteiger partial charge in [-0.2, -0.15) is 4.98 Å². The van der Waals surface area contributed by atoms with E-state index in [1.54, 1.807) is 24.1 Å². The lowest BCUT2D eigenvalue weighted by molar-refractivity contribution is 0.280. The summed E-state index contributed by atoms with van der Waals surface area (Å²) < 4.78 is 7.02. The van der Waals surface area contributed by atoms with E-state index in [1.165, 1.54) is 0 Å². The van der Waals surface area contributed by atoms with Crippen LogP contribution in [-0.4, -0.2) is 24.9 Å². The van der Waals surface area contributed by atoms with E-state index < -0.39 is 0 Å². The number of nitrogens with zero attached hydrogens (tertiary/aromatic N) is 4. The maximum atomic E-state index is 9.21. The molecule has 0 bridgehead atoms. The van der Waals surface area contributed by atoms with Crippen molar-refractivity contribution in [2.75, 3.05) is 0 Å². The Kier molecular flexibility index (Phi) is 3.88. The first-order chi connectivity index (χ1) is 8.71. The largest absolute Gasteiger partial charge is 0.404 e. The van der Waals surface area contributed by atoms with Crippen LogP contribution in [0, 0.1) is 0 Å². The molecular weight excluding hydrogens is 232 g/mol. The van der Waals surface area contributed by atoms with Crippen LogP contribution in [0.15, 0.2) is 18.5 Å². The lowest BCUT2D eigenvalue weighted by atomic mass is 10.2. The first-order valence-electron chi connectivity index (χ1n) is 5.85. The number of aromatic nitrogens is 4. The van der Waals surface area contributed by atoms with Crippen molar-refractivity contribution < 1.29 is 9.84 Å². The van der Waals surface area contributed by atoms with Crippen molar-refractivity contribution in [1.29, 1.82) is 0 Å². The Balaban J connectivity index is 2.23. The van der Waals surface area contributed by atoms with Gasteiger partial charge < -0.3 is 9.84 Å².